The lowest BCUT2D eigenvalue weighted by atomic mass is 9.91. The van der Waals surface area contributed by atoms with Crippen LogP contribution in [-0.2, 0) is 0 Å². The van der Waals surface area contributed by atoms with Crippen molar-refractivity contribution in [3.8, 4) is 89.7 Å². The van der Waals surface area contributed by atoms with Gasteiger partial charge in [0.2, 0.25) is 0 Å². The Balaban J connectivity index is 0.965. The molecule has 0 amide bonds. The highest BCUT2D eigenvalue weighted by molar-refractivity contribution is 6.13. The largest absolute Gasteiger partial charge is 0.231 e. The van der Waals surface area contributed by atoms with Crippen LogP contribution in [0.3, 0.4) is 0 Å². The van der Waals surface area contributed by atoms with E-state index in [1.54, 1.807) is 0 Å². The van der Waals surface area contributed by atoms with Crippen molar-refractivity contribution in [2.75, 3.05) is 0 Å². The standard InChI is InChI=1S/C57H38N4/c1-5-15-39(16-6-1)40-25-31-44(32-26-40)52-37-53(60-57(59-52)48-21-11-4-12-22-48)45-33-27-41(28-34-45)42-29-35-46(36-30-42)54-49-23-13-14-24-50(49)56-51(43-17-7-2-8-18-43)38-58-61(56)55(54)47-19-9-3-10-20-47/h1-38H. The van der Waals surface area contributed by atoms with Gasteiger partial charge in [0, 0.05) is 38.8 Å². The number of rotatable bonds is 8. The summed E-state index contributed by atoms with van der Waals surface area (Å²) in [4.78, 5) is 10.2. The predicted molar refractivity (Wildman–Crippen MR) is 252 cm³/mol. The molecule has 0 fully saturated rings. The fourth-order valence-electron chi connectivity index (χ4n) is 8.49. The lowest BCUT2D eigenvalue weighted by Crippen LogP contribution is -2.00. The zero-order valence-corrected chi connectivity index (χ0v) is 33.2. The Bertz CT molecular complexity index is 3290. The number of benzene rings is 8. The van der Waals surface area contributed by atoms with Gasteiger partial charge in [-0.15, -0.1) is 0 Å². The Kier molecular flexibility index (Phi) is 9.14. The lowest BCUT2D eigenvalue weighted by Gasteiger charge is -2.18. The van der Waals surface area contributed by atoms with Crippen LogP contribution in [0.25, 0.3) is 106 Å². The van der Waals surface area contributed by atoms with Crippen LogP contribution in [0.2, 0.25) is 0 Å². The van der Waals surface area contributed by atoms with Crippen LogP contribution in [0.5, 0.6) is 0 Å². The zero-order chi connectivity index (χ0) is 40.5. The van der Waals surface area contributed by atoms with E-state index in [-0.39, 0.29) is 0 Å². The van der Waals surface area contributed by atoms with Crippen LogP contribution in [0.15, 0.2) is 231 Å². The smallest absolute Gasteiger partial charge is 0.160 e. The van der Waals surface area contributed by atoms with E-state index in [0.717, 1.165) is 78.2 Å². The van der Waals surface area contributed by atoms with E-state index in [9.17, 15) is 0 Å². The summed E-state index contributed by atoms with van der Waals surface area (Å²) in [6.45, 7) is 0. The second-order valence-electron chi connectivity index (χ2n) is 15.2. The minimum Gasteiger partial charge on any atom is -0.231 e. The second kappa shape index (κ2) is 15.5. The lowest BCUT2D eigenvalue weighted by molar-refractivity contribution is 0.976. The molecule has 0 aliphatic carbocycles. The zero-order valence-electron chi connectivity index (χ0n) is 33.2. The van der Waals surface area contributed by atoms with E-state index in [4.69, 9.17) is 15.1 Å². The first kappa shape index (κ1) is 35.9. The summed E-state index contributed by atoms with van der Waals surface area (Å²) in [5, 5.41) is 7.43. The van der Waals surface area contributed by atoms with Gasteiger partial charge < -0.3 is 0 Å². The molecule has 3 aromatic heterocycles. The van der Waals surface area contributed by atoms with Gasteiger partial charge in [-0.3, -0.25) is 0 Å². The highest BCUT2D eigenvalue weighted by Crippen LogP contribution is 2.43. The first-order valence-corrected chi connectivity index (χ1v) is 20.6. The minimum absolute atomic E-state index is 0.701. The van der Waals surface area contributed by atoms with Crippen molar-refractivity contribution >= 4 is 16.3 Å². The second-order valence-corrected chi connectivity index (χ2v) is 15.2. The van der Waals surface area contributed by atoms with Gasteiger partial charge in [-0.2, -0.15) is 5.10 Å². The van der Waals surface area contributed by atoms with Gasteiger partial charge in [-0.1, -0.05) is 218 Å². The Labute approximate surface area is 354 Å². The summed E-state index contributed by atoms with van der Waals surface area (Å²) in [5.74, 6) is 0.701. The summed E-state index contributed by atoms with van der Waals surface area (Å²) < 4.78 is 2.14. The summed E-state index contributed by atoms with van der Waals surface area (Å²) in [6.07, 6.45) is 2.01. The van der Waals surface area contributed by atoms with Gasteiger partial charge in [0.15, 0.2) is 5.82 Å². The third-order valence-electron chi connectivity index (χ3n) is 11.5. The Morgan fingerprint density at radius 3 is 1.23 bits per heavy atom. The molecule has 0 aliphatic rings. The van der Waals surface area contributed by atoms with E-state index in [1.807, 2.05) is 30.5 Å². The van der Waals surface area contributed by atoms with Crippen molar-refractivity contribution in [3.05, 3.63) is 231 Å². The maximum absolute atomic E-state index is 5.09. The summed E-state index contributed by atoms with van der Waals surface area (Å²) in [6, 6.07) is 78.9. The number of aromatic nitrogens is 4. The molecule has 4 heteroatoms. The molecule has 11 rings (SSSR count). The average Bonchev–Trinajstić information content (AvgIpc) is 3.80. The van der Waals surface area contributed by atoms with Crippen molar-refractivity contribution in [2.24, 2.45) is 0 Å². The van der Waals surface area contributed by atoms with E-state index in [2.05, 4.69) is 205 Å². The number of hydrogen-bond donors (Lipinski definition) is 0. The molecule has 0 aliphatic heterocycles. The van der Waals surface area contributed by atoms with Crippen molar-refractivity contribution < 1.29 is 0 Å². The molecule has 286 valence electrons. The van der Waals surface area contributed by atoms with Gasteiger partial charge in [-0.25, -0.2) is 14.5 Å². The summed E-state index contributed by atoms with van der Waals surface area (Å²) in [5.41, 5.74) is 17.3. The van der Waals surface area contributed by atoms with Crippen molar-refractivity contribution in [1.82, 2.24) is 19.6 Å². The molecule has 0 saturated heterocycles. The van der Waals surface area contributed by atoms with Crippen LogP contribution in [0.1, 0.15) is 0 Å². The van der Waals surface area contributed by atoms with Crippen LogP contribution >= 0.6 is 0 Å². The van der Waals surface area contributed by atoms with Crippen LogP contribution < -0.4 is 0 Å². The molecule has 11 aromatic rings. The highest BCUT2D eigenvalue weighted by atomic mass is 15.2. The molecular weight excluding hydrogens is 741 g/mol. The predicted octanol–water partition coefficient (Wildman–Crippen LogP) is 14.6. The van der Waals surface area contributed by atoms with Gasteiger partial charge in [0.1, 0.15) is 0 Å². The first-order valence-electron chi connectivity index (χ1n) is 20.6. The molecular formula is C57H38N4. The molecule has 61 heavy (non-hydrogen) atoms. The van der Waals surface area contributed by atoms with Gasteiger partial charge in [-0.05, 0) is 44.8 Å². The van der Waals surface area contributed by atoms with Crippen LogP contribution in [0.4, 0.5) is 0 Å². The minimum atomic E-state index is 0.701. The number of pyridine rings is 1. The SMILES string of the molecule is c1ccc(-c2ccc(-c3cc(-c4ccc(-c5ccc(-c6c(-c7ccccc7)n7ncc(-c8ccccc8)c7c7ccccc67)cc5)cc4)nc(-c4ccccc4)n3)cc2)cc1. The average molecular weight is 779 g/mol. The van der Waals surface area contributed by atoms with Gasteiger partial charge >= 0.3 is 0 Å². The molecule has 0 atom stereocenters. The summed E-state index contributed by atoms with van der Waals surface area (Å²) in [7, 11) is 0. The number of hydrogen-bond acceptors (Lipinski definition) is 3. The molecule has 0 unspecified atom stereocenters. The Hall–Kier alpha value is -8.21. The van der Waals surface area contributed by atoms with Crippen molar-refractivity contribution in [1.29, 1.82) is 0 Å². The molecule has 0 bridgehead atoms. The molecule has 0 saturated carbocycles. The first-order chi connectivity index (χ1) is 30.2. The molecule has 0 spiro atoms. The quantitative estimate of drug-likeness (QED) is 0.154. The topological polar surface area (TPSA) is 43.1 Å². The monoisotopic (exact) mass is 778 g/mol. The van der Waals surface area contributed by atoms with Crippen molar-refractivity contribution in [3.63, 3.8) is 0 Å². The third kappa shape index (κ3) is 6.76. The normalized spacial score (nSPS) is 11.3. The molecule has 8 aromatic carbocycles. The van der Waals surface area contributed by atoms with E-state index >= 15 is 0 Å². The molecule has 3 heterocycles. The third-order valence-corrected chi connectivity index (χ3v) is 11.5. The fourth-order valence-corrected chi connectivity index (χ4v) is 8.49. The maximum Gasteiger partial charge on any atom is 0.160 e. The van der Waals surface area contributed by atoms with Crippen molar-refractivity contribution in [2.45, 2.75) is 0 Å². The number of fused-ring (bicyclic) bond motifs is 3. The van der Waals surface area contributed by atoms with Gasteiger partial charge in [0.05, 0.1) is 28.8 Å². The van der Waals surface area contributed by atoms with E-state index in [0.29, 0.717) is 5.82 Å². The van der Waals surface area contributed by atoms with Gasteiger partial charge in [0.25, 0.3) is 0 Å². The number of nitrogens with zero attached hydrogens (tertiary/aromatic N) is 4. The Morgan fingerprint density at radius 2 is 0.705 bits per heavy atom. The van der Waals surface area contributed by atoms with E-state index < -0.39 is 0 Å². The maximum atomic E-state index is 5.09. The fraction of sp³-hybridized carbons (Fsp3) is 0. The van der Waals surface area contributed by atoms with E-state index in [1.165, 1.54) is 21.9 Å². The molecule has 0 radical (unpaired) electrons. The molecule has 4 nitrogen and oxygen atoms in total. The van der Waals surface area contributed by atoms with Crippen LogP contribution in [-0.4, -0.2) is 19.6 Å². The van der Waals surface area contributed by atoms with Crippen LogP contribution in [0, 0.1) is 0 Å². The highest BCUT2D eigenvalue weighted by Gasteiger charge is 2.21. The Morgan fingerprint density at radius 1 is 0.311 bits per heavy atom. The summed E-state index contributed by atoms with van der Waals surface area (Å²) >= 11 is 0. The molecule has 0 N–H and O–H groups in total.